The second-order valence-corrected chi connectivity index (χ2v) is 6.40. The van der Waals surface area contributed by atoms with Crippen LogP contribution in [-0.2, 0) is 6.54 Å². The summed E-state index contributed by atoms with van der Waals surface area (Å²) in [6.07, 6.45) is 4.14. The number of allylic oxidation sites excluding steroid dienone is 2. The molecule has 1 rings (SSSR count). The Kier molecular flexibility index (Phi) is 6.64. The number of nitrogens with zero attached hydrogens (tertiary/aromatic N) is 1. The number of benzene rings is 1. The van der Waals surface area contributed by atoms with Gasteiger partial charge in [0.15, 0.2) is 0 Å². The molecular formula is C16H22Cl2N+. The predicted octanol–water partition coefficient (Wildman–Crippen LogP) is 4.92. The molecule has 0 heterocycles. The Morgan fingerprint density at radius 3 is 1.89 bits per heavy atom. The standard InChI is InChI=1S/C16H22Cl2N/c1-14(17)9-11-19(3,12-10-15(2)18)13-16-7-5-4-6-8-16/h4-10H,11-13H2,1-3H3/q+1/b14-9-,15-10+. The summed E-state index contributed by atoms with van der Waals surface area (Å²) in [5.74, 6) is 0. The molecule has 19 heavy (non-hydrogen) atoms. The summed E-state index contributed by atoms with van der Waals surface area (Å²) >= 11 is 11.9. The van der Waals surface area contributed by atoms with E-state index >= 15 is 0 Å². The molecule has 1 aromatic carbocycles. The van der Waals surface area contributed by atoms with E-state index in [1.54, 1.807) is 0 Å². The first-order valence-corrected chi connectivity index (χ1v) is 7.19. The summed E-state index contributed by atoms with van der Waals surface area (Å²) in [6.45, 7) is 6.58. The maximum absolute atomic E-state index is 5.96. The smallest absolute Gasteiger partial charge is 0.105 e. The average Bonchev–Trinajstić information content (AvgIpc) is 2.36. The Hall–Kier alpha value is -0.760. The Labute approximate surface area is 126 Å². The summed E-state index contributed by atoms with van der Waals surface area (Å²) in [5, 5.41) is 1.67. The zero-order chi connectivity index (χ0) is 14.3. The quantitative estimate of drug-likeness (QED) is 0.654. The molecule has 0 fully saturated rings. The molecule has 1 aromatic rings. The van der Waals surface area contributed by atoms with E-state index in [4.69, 9.17) is 23.2 Å². The molecule has 0 aliphatic carbocycles. The topological polar surface area (TPSA) is 0 Å². The van der Waals surface area contributed by atoms with E-state index in [0.29, 0.717) is 0 Å². The van der Waals surface area contributed by atoms with E-state index < -0.39 is 0 Å². The molecule has 0 saturated heterocycles. The zero-order valence-electron chi connectivity index (χ0n) is 11.9. The monoisotopic (exact) mass is 298 g/mol. The maximum Gasteiger partial charge on any atom is 0.105 e. The van der Waals surface area contributed by atoms with Gasteiger partial charge >= 0.3 is 0 Å². The minimum Gasteiger partial charge on any atom is -0.316 e. The first-order valence-electron chi connectivity index (χ1n) is 6.43. The normalized spacial score (nSPS) is 16.3. The van der Waals surface area contributed by atoms with Gasteiger partial charge < -0.3 is 4.48 Å². The van der Waals surface area contributed by atoms with Gasteiger partial charge in [0.05, 0.1) is 20.1 Å². The summed E-state index contributed by atoms with van der Waals surface area (Å²) in [4.78, 5) is 0. The van der Waals surface area contributed by atoms with Gasteiger partial charge in [0.25, 0.3) is 0 Å². The third-order valence-electron chi connectivity index (χ3n) is 3.03. The maximum atomic E-state index is 5.96. The van der Waals surface area contributed by atoms with Crippen LogP contribution in [0.3, 0.4) is 0 Å². The molecule has 0 N–H and O–H groups in total. The molecule has 0 saturated carbocycles. The highest BCUT2D eigenvalue weighted by atomic mass is 35.5. The molecule has 0 aromatic heterocycles. The van der Waals surface area contributed by atoms with Gasteiger partial charge in [0, 0.05) is 15.6 Å². The fourth-order valence-electron chi connectivity index (χ4n) is 1.92. The van der Waals surface area contributed by atoms with Crippen molar-refractivity contribution < 1.29 is 4.48 Å². The number of hydrogen-bond donors (Lipinski definition) is 0. The summed E-state index contributed by atoms with van der Waals surface area (Å²) in [5.41, 5.74) is 1.33. The van der Waals surface area contributed by atoms with Gasteiger partial charge in [-0.05, 0) is 26.0 Å². The van der Waals surface area contributed by atoms with Crippen LogP contribution in [-0.4, -0.2) is 24.6 Å². The van der Waals surface area contributed by atoms with E-state index in [-0.39, 0.29) is 0 Å². The van der Waals surface area contributed by atoms with Crippen molar-refractivity contribution in [3.8, 4) is 0 Å². The van der Waals surface area contributed by atoms with Gasteiger partial charge in [0.1, 0.15) is 6.54 Å². The summed E-state index contributed by atoms with van der Waals surface area (Å²) in [6, 6.07) is 10.5. The van der Waals surface area contributed by atoms with Crippen molar-refractivity contribution in [1.29, 1.82) is 0 Å². The lowest BCUT2D eigenvalue weighted by Crippen LogP contribution is -2.43. The Balaban J connectivity index is 2.85. The van der Waals surface area contributed by atoms with Crippen LogP contribution < -0.4 is 0 Å². The van der Waals surface area contributed by atoms with Crippen molar-refractivity contribution in [3.05, 3.63) is 58.1 Å². The Morgan fingerprint density at radius 1 is 1.00 bits per heavy atom. The lowest BCUT2D eigenvalue weighted by molar-refractivity contribution is -0.911. The molecule has 0 aliphatic heterocycles. The van der Waals surface area contributed by atoms with Crippen LogP contribution in [0.15, 0.2) is 52.5 Å². The lowest BCUT2D eigenvalue weighted by Gasteiger charge is -2.33. The van der Waals surface area contributed by atoms with Crippen LogP contribution in [0.2, 0.25) is 0 Å². The van der Waals surface area contributed by atoms with Crippen LogP contribution in [0.5, 0.6) is 0 Å². The van der Waals surface area contributed by atoms with E-state index in [1.807, 2.05) is 19.9 Å². The number of likely N-dealkylation sites (N-methyl/N-ethyl adjacent to an activating group) is 1. The zero-order valence-corrected chi connectivity index (χ0v) is 13.4. The third-order valence-corrected chi connectivity index (χ3v) is 3.34. The fraction of sp³-hybridized carbons (Fsp3) is 0.375. The third kappa shape index (κ3) is 6.81. The van der Waals surface area contributed by atoms with E-state index in [1.165, 1.54) is 5.56 Å². The first-order chi connectivity index (χ1) is 8.91. The Bertz CT molecular complexity index is 421. The first kappa shape index (κ1) is 16.3. The molecule has 104 valence electrons. The fourth-order valence-corrected chi connectivity index (χ4v) is 2.06. The van der Waals surface area contributed by atoms with Crippen molar-refractivity contribution >= 4 is 23.2 Å². The second kappa shape index (κ2) is 7.74. The number of quaternary nitrogens is 1. The molecule has 3 heteroatoms. The van der Waals surface area contributed by atoms with Crippen molar-refractivity contribution in [1.82, 2.24) is 0 Å². The van der Waals surface area contributed by atoms with E-state index in [0.717, 1.165) is 34.2 Å². The van der Waals surface area contributed by atoms with Gasteiger partial charge in [-0.3, -0.25) is 0 Å². The lowest BCUT2D eigenvalue weighted by atomic mass is 10.2. The SMILES string of the molecule is C/C(Cl)=C/C[N+](C)(C/C=C(\C)Cl)Cc1ccccc1. The molecule has 0 amide bonds. The Morgan fingerprint density at radius 2 is 1.47 bits per heavy atom. The van der Waals surface area contributed by atoms with Gasteiger partial charge in [-0.15, -0.1) is 0 Å². The number of rotatable bonds is 6. The largest absolute Gasteiger partial charge is 0.316 e. The molecule has 1 atom stereocenters. The minimum absolute atomic E-state index is 0.837. The van der Waals surface area contributed by atoms with Crippen molar-refractivity contribution in [2.45, 2.75) is 20.4 Å². The van der Waals surface area contributed by atoms with Crippen LogP contribution in [0.4, 0.5) is 0 Å². The minimum atomic E-state index is 0.837. The molecule has 0 spiro atoms. The van der Waals surface area contributed by atoms with Crippen LogP contribution in [0, 0.1) is 0 Å². The summed E-state index contributed by atoms with van der Waals surface area (Å²) in [7, 11) is 2.22. The number of halogens is 2. The second-order valence-electron chi connectivity index (χ2n) is 5.21. The van der Waals surface area contributed by atoms with Gasteiger partial charge in [-0.25, -0.2) is 0 Å². The number of hydrogen-bond acceptors (Lipinski definition) is 0. The van der Waals surface area contributed by atoms with Crippen molar-refractivity contribution in [2.75, 3.05) is 20.1 Å². The summed E-state index contributed by atoms with van der Waals surface area (Å²) < 4.78 is 0.859. The molecule has 1 unspecified atom stereocenters. The van der Waals surface area contributed by atoms with Crippen LogP contribution in [0.1, 0.15) is 19.4 Å². The molecule has 0 radical (unpaired) electrons. The van der Waals surface area contributed by atoms with E-state index in [2.05, 4.69) is 43.5 Å². The highest BCUT2D eigenvalue weighted by Gasteiger charge is 2.19. The highest BCUT2D eigenvalue weighted by Crippen LogP contribution is 2.15. The van der Waals surface area contributed by atoms with Gasteiger partial charge in [0.2, 0.25) is 0 Å². The van der Waals surface area contributed by atoms with Crippen molar-refractivity contribution in [3.63, 3.8) is 0 Å². The average molecular weight is 299 g/mol. The predicted molar refractivity (Wildman–Crippen MR) is 85.3 cm³/mol. The van der Waals surface area contributed by atoms with Crippen molar-refractivity contribution in [2.24, 2.45) is 0 Å². The van der Waals surface area contributed by atoms with Crippen LogP contribution in [0.25, 0.3) is 0 Å². The molecule has 0 aliphatic rings. The van der Waals surface area contributed by atoms with E-state index in [9.17, 15) is 0 Å². The van der Waals surface area contributed by atoms with Gasteiger partial charge in [-0.1, -0.05) is 53.5 Å². The van der Waals surface area contributed by atoms with Gasteiger partial charge in [-0.2, -0.15) is 0 Å². The molecule has 1 nitrogen and oxygen atoms in total. The molecule has 0 bridgehead atoms. The van der Waals surface area contributed by atoms with Crippen LogP contribution >= 0.6 is 23.2 Å². The molecular weight excluding hydrogens is 277 g/mol. The highest BCUT2D eigenvalue weighted by molar-refractivity contribution is 6.29.